The third kappa shape index (κ3) is 3.78. The van der Waals surface area contributed by atoms with E-state index >= 15 is 0 Å². The molecule has 2 heterocycles. The molecule has 1 amide bonds. The largest absolute Gasteiger partial charge is 0.378 e. The third-order valence-electron chi connectivity index (χ3n) is 3.03. The number of amides is 1. The molecule has 1 aliphatic heterocycles. The Labute approximate surface area is 122 Å². The third-order valence-corrected chi connectivity index (χ3v) is 6.15. The van der Waals surface area contributed by atoms with Crippen LogP contribution in [0.3, 0.4) is 0 Å². The fourth-order valence-electron chi connectivity index (χ4n) is 1.85. The molecule has 2 rings (SSSR count). The molecule has 0 saturated carbocycles. The van der Waals surface area contributed by atoms with E-state index in [-0.39, 0.29) is 16.7 Å². The van der Waals surface area contributed by atoms with Gasteiger partial charge in [0.15, 0.2) is 0 Å². The minimum Gasteiger partial charge on any atom is -0.378 e. The molecule has 0 bridgehead atoms. The summed E-state index contributed by atoms with van der Waals surface area (Å²) in [6, 6.07) is 3.37. The normalized spacial score (nSPS) is 16.4. The van der Waals surface area contributed by atoms with E-state index in [1.807, 2.05) is 6.92 Å². The second-order valence-electron chi connectivity index (χ2n) is 4.39. The number of thiophene rings is 1. The second-order valence-corrected chi connectivity index (χ2v) is 7.55. The van der Waals surface area contributed by atoms with Gasteiger partial charge in [0.05, 0.1) is 19.8 Å². The minimum absolute atomic E-state index is 0.207. The van der Waals surface area contributed by atoms with E-state index in [1.54, 1.807) is 17.0 Å². The Balaban J connectivity index is 1.93. The van der Waals surface area contributed by atoms with Crippen molar-refractivity contribution in [2.45, 2.75) is 17.6 Å². The molecule has 0 atom stereocenters. The Morgan fingerprint density at radius 1 is 1.40 bits per heavy atom. The number of hydrogen-bond acceptors (Lipinski definition) is 5. The molecule has 0 spiro atoms. The Morgan fingerprint density at radius 2 is 2.10 bits per heavy atom. The molecule has 20 heavy (non-hydrogen) atoms. The van der Waals surface area contributed by atoms with Gasteiger partial charge in [0.25, 0.3) is 10.0 Å². The number of rotatable bonds is 5. The monoisotopic (exact) mass is 318 g/mol. The Morgan fingerprint density at radius 3 is 2.70 bits per heavy atom. The molecule has 0 radical (unpaired) electrons. The van der Waals surface area contributed by atoms with Crippen molar-refractivity contribution in [3.63, 3.8) is 0 Å². The molecule has 1 fully saturated rings. The fourth-order valence-corrected chi connectivity index (χ4v) is 4.16. The van der Waals surface area contributed by atoms with Crippen LogP contribution in [0.2, 0.25) is 0 Å². The maximum atomic E-state index is 12.1. The summed E-state index contributed by atoms with van der Waals surface area (Å²) in [6.07, 6.45) is 0.799. The first-order valence-corrected chi connectivity index (χ1v) is 8.77. The molecule has 0 aliphatic carbocycles. The Bertz CT molecular complexity index is 562. The summed E-state index contributed by atoms with van der Waals surface area (Å²) in [5, 5.41) is 0. The first kappa shape index (κ1) is 15.4. The lowest BCUT2D eigenvalue weighted by Crippen LogP contribution is -2.45. The number of nitrogens with one attached hydrogen (secondary N) is 1. The number of aryl methyl sites for hydroxylation is 1. The van der Waals surface area contributed by atoms with E-state index < -0.39 is 10.0 Å². The highest BCUT2D eigenvalue weighted by Gasteiger charge is 2.21. The summed E-state index contributed by atoms with van der Waals surface area (Å²) >= 11 is 1.23. The van der Waals surface area contributed by atoms with Gasteiger partial charge in [0.2, 0.25) is 5.91 Å². The van der Waals surface area contributed by atoms with Gasteiger partial charge in [-0.15, -0.1) is 11.3 Å². The van der Waals surface area contributed by atoms with E-state index in [9.17, 15) is 13.2 Å². The molecule has 8 heteroatoms. The molecule has 1 aromatic heterocycles. The lowest BCUT2D eigenvalue weighted by Gasteiger charge is -2.26. The average Bonchev–Trinajstić information content (AvgIpc) is 2.95. The molecule has 1 aliphatic rings. The van der Waals surface area contributed by atoms with E-state index in [4.69, 9.17) is 4.74 Å². The van der Waals surface area contributed by atoms with E-state index in [0.29, 0.717) is 26.3 Å². The maximum Gasteiger partial charge on any atom is 0.250 e. The number of hydrogen-bond donors (Lipinski definition) is 1. The van der Waals surface area contributed by atoms with Crippen LogP contribution in [0, 0.1) is 0 Å². The van der Waals surface area contributed by atoms with Gasteiger partial charge in [0.1, 0.15) is 4.21 Å². The van der Waals surface area contributed by atoms with E-state index in [1.165, 1.54) is 11.3 Å². The smallest absolute Gasteiger partial charge is 0.250 e. The molecule has 0 aromatic carbocycles. The van der Waals surface area contributed by atoms with Crippen LogP contribution < -0.4 is 4.72 Å². The predicted octanol–water partition coefficient (Wildman–Crippen LogP) is 0.448. The summed E-state index contributed by atoms with van der Waals surface area (Å²) < 4.78 is 31.9. The molecule has 1 saturated heterocycles. The van der Waals surface area contributed by atoms with Crippen LogP contribution in [-0.4, -0.2) is 52.1 Å². The van der Waals surface area contributed by atoms with Gasteiger partial charge in [-0.3, -0.25) is 4.79 Å². The van der Waals surface area contributed by atoms with Gasteiger partial charge < -0.3 is 9.64 Å². The van der Waals surface area contributed by atoms with Gasteiger partial charge in [-0.05, 0) is 18.6 Å². The zero-order valence-corrected chi connectivity index (χ0v) is 12.9. The highest BCUT2D eigenvalue weighted by Crippen LogP contribution is 2.21. The zero-order chi connectivity index (χ0) is 14.6. The molecule has 1 aromatic rings. The number of nitrogens with zero attached hydrogens (tertiary/aromatic N) is 1. The lowest BCUT2D eigenvalue weighted by atomic mass is 10.4. The molecule has 1 N–H and O–H groups in total. The van der Waals surface area contributed by atoms with Crippen LogP contribution in [0.25, 0.3) is 0 Å². The van der Waals surface area contributed by atoms with Crippen LogP contribution in [-0.2, 0) is 26.0 Å². The predicted molar refractivity (Wildman–Crippen MR) is 76.3 cm³/mol. The summed E-state index contributed by atoms with van der Waals surface area (Å²) in [4.78, 5) is 14.5. The summed E-state index contributed by atoms with van der Waals surface area (Å²) in [6.45, 7) is 3.80. The number of carbonyl (C=O) groups is 1. The number of morpholine rings is 1. The van der Waals surface area contributed by atoms with Crippen LogP contribution in [0.5, 0.6) is 0 Å². The minimum atomic E-state index is -3.59. The van der Waals surface area contributed by atoms with Crippen molar-refractivity contribution in [3.8, 4) is 0 Å². The lowest BCUT2D eigenvalue weighted by molar-refractivity contribution is -0.133. The van der Waals surface area contributed by atoms with Crippen LogP contribution in [0.4, 0.5) is 0 Å². The summed E-state index contributed by atoms with van der Waals surface area (Å²) in [5.41, 5.74) is 0. The fraction of sp³-hybridized carbons (Fsp3) is 0.583. The van der Waals surface area contributed by atoms with Crippen molar-refractivity contribution < 1.29 is 17.9 Å². The van der Waals surface area contributed by atoms with Crippen LogP contribution in [0.1, 0.15) is 11.8 Å². The first-order valence-electron chi connectivity index (χ1n) is 6.47. The number of ether oxygens (including phenoxy) is 1. The van der Waals surface area contributed by atoms with Crippen molar-refractivity contribution in [3.05, 3.63) is 17.0 Å². The molecule has 112 valence electrons. The van der Waals surface area contributed by atoms with Gasteiger partial charge in [0, 0.05) is 18.0 Å². The standard InChI is InChI=1S/C12H18N2O4S2/c1-2-10-3-4-12(19-10)20(16,17)13-9-11(15)14-5-7-18-8-6-14/h3-4,13H,2,5-9H2,1H3. The Hall–Kier alpha value is -0.960. The highest BCUT2D eigenvalue weighted by molar-refractivity contribution is 7.91. The van der Waals surface area contributed by atoms with Crippen molar-refractivity contribution in [1.82, 2.24) is 9.62 Å². The van der Waals surface area contributed by atoms with Crippen molar-refractivity contribution in [2.75, 3.05) is 32.8 Å². The van der Waals surface area contributed by atoms with E-state index in [2.05, 4.69) is 4.72 Å². The molecule has 6 nitrogen and oxygen atoms in total. The Kier molecular flexibility index (Phi) is 5.14. The van der Waals surface area contributed by atoms with Crippen molar-refractivity contribution >= 4 is 27.3 Å². The van der Waals surface area contributed by atoms with Gasteiger partial charge in [-0.25, -0.2) is 13.1 Å². The topological polar surface area (TPSA) is 75.7 Å². The number of sulfonamides is 1. The molecule has 0 unspecified atom stereocenters. The zero-order valence-electron chi connectivity index (χ0n) is 11.3. The van der Waals surface area contributed by atoms with Gasteiger partial charge in [-0.1, -0.05) is 6.92 Å². The second kappa shape index (κ2) is 6.66. The molecular weight excluding hydrogens is 300 g/mol. The average molecular weight is 318 g/mol. The van der Waals surface area contributed by atoms with Gasteiger partial charge >= 0.3 is 0 Å². The number of carbonyl (C=O) groups excluding carboxylic acids is 1. The van der Waals surface area contributed by atoms with Crippen molar-refractivity contribution in [2.24, 2.45) is 0 Å². The highest BCUT2D eigenvalue weighted by atomic mass is 32.2. The quantitative estimate of drug-likeness (QED) is 0.855. The van der Waals surface area contributed by atoms with Gasteiger partial charge in [-0.2, -0.15) is 0 Å². The van der Waals surface area contributed by atoms with Crippen LogP contribution in [0.15, 0.2) is 16.3 Å². The summed E-state index contributed by atoms with van der Waals surface area (Å²) in [7, 11) is -3.59. The SMILES string of the molecule is CCc1ccc(S(=O)(=O)NCC(=O)N2CCOCC2)s1. The van der Waals surface area contributed by atoms with Crippen molar-refractivity contribution in [1.29, 1.82) is 0 Å². The van der Waals surface area contributed by atoms with E-state index in [0.717, 1.165) is 11.3 Å². The van der Waals surface area contributed by atoms with Crippen LogP contribution >= 0.6 is 11.3 Å². The maximum absolute atomic E-state index is 12.1. The first-order chi connectivity index (χ1) is 9.53. The molecular formula is C12H18N2O4S2. The summed E-state index contributed by atoms with van der Waals surface area (Å²) in [5.74, 6) is -0.218.